The van der Waals surface area contributed by atoms with Gasteiger partial charge in [-0.25, -0.2) is 19.9 Å². The van der Waals surface area contributed by atoms with Crippen LogP contribution in [-0.4, -0.2) is 34.0 Å². The van der Waals surface area contributed by atoms with Gasteiger partial charge in [-0.1, -0.05) is 28.1 Å². The van der Waals surface area contributed by atoms with Crippen molar-refractivity contribution in [3.05, 3.63) is 46.3 Å². The maximum atomic E-state index is 4.60. The number of halogens is 1. The first-order valence-electron chi connectivity index (χ1n) is 7.65. The lowest BCUT2D eigenvalue weighted by atomic mass is 10.1. The fourth-order valence-electron chi connectivity index (χ4n) is 2.42. The summed E-state index contributed by atoms with van der Waals surface area (Å²) in [6.45, 7) is 3.97. The first-order chi connectivity index (χ1) is 11.4. The van der Waals surface area contributed by atoms with Crippen LogP contribution < -0.4 is 10.2 Å². The molecule has 6 nitrogen and oxygen atoms in total. The lowest BCUT2D eigenvalue weighted by Gasteiger charge is -2.17. The van der Waals surface area contributed by atoms with Crippen LogP contribution in [0.5, 0.6) is 0 Å². The normalized spacial score (nSPS) is 12.2. The molecule has 3 aromatic rings. The van der Waals surface area contributed by atoms with Crippen LogP contribution in [0.25, 0.3) is 11.0 Å². The Bertz CT molecular complexity index is 880. The SMILES string of the molecule is Cc1nc(N[C@H](C)c2cccc(Br)c2)c2nc(N(C)C)ncc2n1. The van der Waals surface area contributed by atoms with E-state index in [2.05, 4.69) is 60.2 Å². The summed E-state index contributed by atoms with van der Waals surface area (Å²) in [6.07, 6.45) is 1.74. The number of nitrogens with one attached hydrogen (secondary N) is 1. The van der Waals surface area contributed by atoms with Crippen LogP contribution >= 0.6 is 15.9 Å². The molecule has 1 aromatic carbocycles. The maximum absolute atomic E-state index is 4.60. The van der Waals surface area contributed by atoms with E-state index in [1.165, 1.54) is 0 Å². The van der Waals surface area contributed by atoms with Crippen molar-refractivity contribution in [2.24, 2.45) is 0 Å². The van der Waals surface area contributed by atoms with Gasteiger partial charge >= 0.3 is 0 Å². The topological polar surface area (TPSA) is 66.8 Å². The van der Waals surface area contributed by atoms with E-state index in [9.17, 15) is 0 Å². The number of benzene rings is 1. The van der Waals surface area contributed by atoms with Crippen LogP contribution in [0.3, 0.4) is 0 Å². The number of nitrogens with zero attached hydrogens (tertiary/aromatic N) is 5. The molecule has 2 aromatic heterocycles. The number of rotatable bonds is 4. The third-order valence-electron chi connectivity index (χ3n) is 3.64. The Morgan fingerprint density at radius 1 is 1.17 bits per heavy atom. The Kier molecular flexibility index (Phi) is 4.62. The predicted molar refractivity (Wildman–Crippen MR) is 100 cm³/mol. The number of fused-ring (bicyclic) bond motifs is 1. The molecule has 0 saturated carbocycles. The standard InChI is InChI=1S/C17H19BrN6/c1-10(12-6-5-7-13(18)8-12)20-16-15-14(21-11(2)22-16)9-19-17(23-15)24(3)4/h5-10H,1-4H3,(H,20,21,22)/t10-/m1/s1. The molecule has 0 fully saturated rings. The van der Waals surface area contributed by atoms with Crippen LogP contribution in [0.15, 0.2) is 34.9 Å². The molecule has 0 amide bonds. The molecule has 0 aliphatic rings. The van der Waals surface area contributed by atoms with Gasteiger partial charge in [-0.15, -0.1) is 0 Å². The van der Waals surface area contributed by atoms with Gasteiger partial charge in [-0.2, -0.15) is 0 Å². The van der Waals surface area contributed by atoms with E-state index in [4.69, 9.17) is 0 Å². The molecule has 0 radical (unpaired) electrons. The molecule has 0 aliphatic carbocycles. The summed E-state index contributed by atoms with van der Waals surface area (Å²) in [5.41, 5.74) is 2.62. The van der Waals surface area contributed by atoms with Crippen LogP contribution in [0.1, 0.15) is 24.4 Å². The lowest BCUT2D eigenvalue weighted by Crippen LogP contribution is -2.14. The third kappa shape index (κ3) is 3.46. The fraction of sp³-hybridized carbons (Fsp3) is 0.294. The first-order valence-corrected chi connectivity index (χ1v) is 8.44. The molecule has 1 atom stereocenters. The summed E-state index contributed by atoms with van der Waals surface area (Å²) < 4.78 is 1.05. The zero-order valence-electron chi connectivity index (χ0n) is 14.1. The second-order valence-corrected chi connectivity index (χ2v) is 6.75. The second kappa shape index (κ2) is 6.68. The third-order valence-corrected chi connectivity index (χ3v) is 4.13. The molecule has 0 unspecified atom stereocenters. The Morgan fingerprint density at radius 2 is 1.96 bits per heavy atom. The van der Waals surface area contributed by atoms with E-state index < -0.39 is 0 Å². The van der Waals surface area contributed by atoms with E-state index in [-0.39, 0.29) is 6.04 Å². The van der Waals surface area contributed by atoms with E-state index in [0.717, 1.165) is 26.9 Å². The second-order valence-electron chi connectivity index (χ2n) is 5.84. The van der Waals surface area contributed by atoms with Gasteiger partial charge < -0.3 is 10.2 Å². The summed E-state index contributed by atoms with van der Waals surface area (Å²) in [5.74, 6) is 2.04. The number of aryl methyl sites for hydroxylation is 1. The van der Waals surface area contributed by atoms with Crippen LogP contribution in [0.4, 0.5) is 11.8 Å². The molecule has 124 valence electrons. The van der Waals surface area contributed by atoms with Gasteiger partial charge in [0.25, 0.3) is 0 Å². The maximum Gasteiger partial charge on any atom is 0.225 e. The van der Waals surface area contributed by atoms with Gasteiger partial charge in [0.15, 0.2) is 5.82 Å². The molecule has 2 heterocycles. The molecule has 0 spiro atoms. The minimum atomic E-state index is 0.0813. The van der Waals surface area contributed by atoms with Crippen LogP contribution in [0, 0.1) is 6.92 Å². The van der Waals surface area contributed by atoms with Crippen molar-refractivity contribution < 1.29 is 0 Å². The number of hydrogen-bond donors (Lipinski definition) is 1. The highest BCUT2D eigenvalue weighted by atomic mass is 79.9. The average Bonchev–Trinajstić information content (AvgIpc) is 2.54. The van der Waals surface area contributed by atoms with Gasteiger partial charge in [-0.05, 0) is 31.5 Å². The molecule has 3 rings (SSSR count). The largest absolute Gasteiger partial charge is 0.362 e. The molecule has 0 saturated heterocycles. The van der Waals surface area contributed by atoms with Crippen molar-refractivity contribution in [1.82, 2.24) is 19.9 Å². The number of anilines is 2. The number of aromatic nitrogens is 4. The minimum Gasteiger partial charge on any atom is -0.362 e. The monoisotopic (exact) mass is 386 g/mol. The Hall–Kier alpha value is -2.28. The summed E-state index contributed by atoms with van der Waals surface area (Å²) in [5, 5.41) is 3.45. The van der Waals surface area contributed by atoms with E-state index >= 15 is 0 Å². The van der Waals surface area contributed by atoms with Gasteiger partial charge in [0.1, 0.15) is 16.9 Å². The van der Waals surface area contributed by atoms with Crippen molar-refractivity contribution in [3.8, 4) is 0 Å². The van der Waals surface area contributed by atoms with E-state index in [1.54, 1.807) is 6.20 Å². The highest BCUT2D eigenvalue weighted by Gasteiger charge is 2.13. The van der Waals surface area contributed by atoms with E-state index in [0.29, 0.717) is 11.8 Å². The van der Waals surface area contributed by atoms with Crippen LogP contribution in [0.2, 0.25) is 0 Å². The quantitative estimate of drug-likeness (QED) is 0.736. The van der Waals surface area contributed by atoms with Gasteiger partial charge in [-0.3, -0.25) is 0 Å². The molecule has 24 heavy (non-hydrogen) atoms. The zero-order chi connectivity index (χ0) is 17.3. The first kappa shape index (κ1) is 16.6. The van der Waals surface area contributed by atoms with Crippen LogP contribution in [-0.2, 0) is 0 Å². The van der Waals surface area contributed by atoms with Crippen molar-refractivity contribution in [3.63, 3.8) is 0 Å². The average molecular weight is 387 g/mol. The van der Waals surface area contributed by atoms with Gasteiger partial charge in [0.2, 0.25) is 5.95 Å². The van der Waals surface area contributed by atoms with E-state index in [1.807, 2.05) is 38.1 Å². The molecule has 7 heteroatoms. The Morgan fingerprint density at radius 3 is 2.67 bits per heavy atom. The molecular formula is C17H19BrN6. The van der Waals surface area contributed by atoms with Crippen molar-refractivity contribution in [2.75, 3.05) is 24.3 Å². The van der Waals surface area contributed by atoms with Gasteiger partial charge in [0.05, 0.1) is 12.2 Å². The molecular weight excluding hydrogens is 368 g/mol. The molecule has 0 bridgehead atoms. The van der Waals surface area contributed by atoms with Gasteiger partial charge in [0, 0.05) is 18.6 Å². The molecule has 1 N–H and O–H groups in total. The Balaban J connectivity index is 2.02. The summed E-state index contributed by atoms with van der Waals surface area (Å²) in [4.78, 5) is 19.8. The predicted octanol–water partition coefficient (Wildman–Crippen LogP) is 3.73. The Labute approximate surface area is 149 Å². The molecule has 0 aliphatic heterocycles. The number of hydrogen-bond acceptors (Lipinski definition) is 6. The highest BCUT2D eigenvalue weighted by Crippen LogP contribution is 2.25. The summed E-state index contributed by atoms with van der Waals surface area (Å²) in [6, 6.07) is 8.29. The summed E-state index contributed by atoms with van der Waals surface area (Å²) in [7, 11) is 3.82. The minimum absolute atomic E-state index is 0.0813. The fourth-order valence-corrected chi connectivity index (χ4v) is 2.83. The highest BCUT2D eigenvalue weighted by molar-refractivity contribution is 9.10. The smallest absolute Gasteiger partial charge is 0.225 e. The zero-order valence-corrected chi connectivity index (χ0v) is 15.7. The van der Waals surface area contributed by atoms with Crippen molar-refractivity contribution in [2.45, 2.75) is 19.9 Å². The lowest BCUT2D eigenvalue weighted by molar-refractivity contribution is 0.868. The van der Waals surface area contributed by atoms with Crippen molar-refractivity contribution >= 4 is 38.7 Å². The summed E-state index contributed by atoms with van der Waals surface area (Å²) >= 11 is 3.51. The van der Waals surface area contributed by atoms with Crippen molar-refractivity contribution in [1.29, 1.82) is 0 Å².